The van der Waals surface area contributed by atoms with Gasteiger partial charge in [-0.2, -0.15) is 5.10 Å². The van der Waals surface area contributed by atoms with E-state index in [0.717, 1.165) is 13.1 Å². The summed E-state index contributed by atoms with van der Waals surface area (Å²) in [4.78, 5) is 0. The van der Waals surface area contributed by atoms with E-state index in [-0.39, 0.29) is 0 Å². The highest BCUT2D eigenvalue weighted by molar-refractivity contribution is 5.85. The van der Waals surface area contributed by atoms with E-state index in [1.54, 1.807) is 0 Å². The van der Waals surface area contributed by atoms with Gasteiger partial charge in [0.05, 0.1) is 11.2 Å². The number of nitrogens with zero attached hydrogens (tertiary/aromatic N) is 2. The molecule has 2 heterocycles. The molecule has 0 radical (unpaired) electrons. The van der Waals surface area contributed by atoms with Crippen molar-refractivity contribution in [2.24, 2.45) is 7.05 Å². The minimum absolute atomic E-state index is 0.627. The number of aryl methyl sites for hydroxylation is 2. The summed E-state index contributed by atoms with van der Waals surface area (Å²) in [6.07, 6.45) is 2.42. The van der Waals surface area contributed by atoms with Gasteiger partial charge in [0.25, 0.3) is 0 Å². The van der Waals surface area contributed by atoms with E-state index in [1.807, 2.05) is 4.68 Å². The summed E-state index contributed by atoms with van der Waals surface area (Å²) < 4.78 is 2.04. The molecule has 0 bridgehead atoms. The molecule has 90 valence electrons. The van der Waals surface area contributed by atoms with Crippen LogP contribution in [0.25, 0.3) is 10.9 Å². The molecule has 1 aromatic carbocycles. The Kier molecular flexibility index (Phi) is 2.63. The van der Waals surface area contributed by atoms with Crippen LogP contribution in [0.2, 0.25) is 0 Å². The Hall–Kier alpha value is -1.35. The maximum absolute atomic E-state index is 4.76. The average Bonchev–Trinajstić information content (AvgIpc) is 2.69. The smallest absolute Gasteiger partial charge is 0.0735 e. The molecule has 2 aromatic rings. The molecule has 1 N–H and O–H groups in total. The van der Waals surface area contributed by atoms with Gasteiger partial charge in [-0.3, -0.25) is 4.68 Å². The highest BCUT2D eigenvalue weighted by atomic mass is 15.3. The minimum Gasteiger partial charge on any atom is -0.317 e. The maximum atomic E-state index is 4.76. The summed E-state index contributed by atoms with van der Waals surface area (Å²) in [5.41, 5.74) is 3.91. The normalized spacial score (nSPS) is 17.8. The molecule has 17 heavy (non-hydrogen) atoms. The van der Waals surface area contributed by atoms with Crippen LogP contribution in [0.4, 0.5) is 0 Å². The molecule has 1 aliphatic rings. The Labute approximate surface area is 102 Å². The van der Waals surface area contributed by atoms with Gasteiger partial charge in [0.1, 0.15) is 0 Å². The average molecular weight is 229 g/mol. The number of fused-ring (bicyclic) bond motifs is 1. The number of benzene rings is 1. The molecule has 0 saturated carbocycles. The zero-order chi connectivity index (χ0) is 11.8. The SMILES string of the molecule is Cc1cccc2c(C3CCNCC3)nn(C)c12. The van der Waals surface area contributed by atoms with Gasteiger partial charge in [-0.05, 0) is 38.4 Å². The molecule has 3 heteroatoms. The number of para-hydroxylation sites is 1. The van der Waals surface area contributed by atoms with Crippen LogP contribution in [0.5, 0.6) is 0 Å². The van der Waals surface area contributed by atoms with Gasteiger partial charge in [-0.25, -0.2) is 0 Å². The predicted molar refractivity (Wildman–Crippen MR) is 70.3 cm³/mol. The quantitative estimate of drug-likeness (QED) is 0.813. The summed E-state index contributed by atoms with van der Waals surface area (Å²) >= 11 is 0. The molecule has 1 saturated heterocycles. The van der Waals surface area contributed by atoms with E-state index in [1.165, 1.54) is 35.0 Å². The van der Waals surface area contributed by atoms with Crippen LogP contribution >= 0.6 is 0 Å². The fourth-order valence-electron chi connectivity index (χ4n) is 2.96. The Morgan fingerprint density at radius 3 is 2.82 bits per heavy atom. The van der Waals surface area contributed by atoms with Crippen molar-refractivity contribution >= 4 is 10.9 Å². The number of aromatic nitrogens is 2. The van der Waals surface area contributed by atoms with Gasteiger partial charge < -0.3 is 5.32 Å². The first-order chi connectivity index (χ1) is 8.27. The standard InChI is InChI=1S/C14H19N3/c1-10-4-3-5-12-13(16-17(2)14(10)12)11-6-8-15-9-7-11/h3-5,11,15H,6-9H2,1-2H3. The van der Waals surface area contributed by atoms with Crippen LogP contribution in [-0.4, -0.2) is 22.9 Å². The summed E-state index contributed by atoms with van der Waals surface area (Å²) in [6, 6.07) is 6.52. The van der Waals surface area contributed by atoms with E-state index in [2.05, 4.69) is 37.5 Å². The molecular formula is C14H19N3. The topological polar surface area (TPSA) is 29.9 Å². The van der Waals surface area contributed by atoms with Crippen LogP contribution in [0.3, 0.4) is 0 Å². The Morgan fingerprint density at radius 1 is 1.29 bits per heavy atom. The lowest BCUT2D eigenvalue weighted by Crippen LogP contribution is -2.26. The minimum atomic E-state index is 0.627. The molecule has 3 rings (SSSR count). The van der Waals surface area contributed by atoms with E-state index >= 15 is 0 Å². The predicted octanol–water partition coefficient (Wildman–Crippen LogP) is 2.35. The summed E-state index contributed by atoms with van der Waals surface area (Å²) in [5.74, 6) is 0.627. The Morgan fingerprint density at radius 2 is 2.06 bits per heavy atom. The number of rotatable bonds is 1. The molecular weight excluding hydrogens is 210 g/mol. The highest BCUT2D eigenvalue weighted by Crippen LogP contribution is 2.31. The molecule has 0 atom stereocenters. The molecule has 1 fully saturated rings. The van der Waals surface area contributed by atoms with Crippen molar-refractivity contribution < 1.29 is 0 Å². The molecule has 0 unspecified atom stereocenters. The lowest BCUT2D eigenvalue weighted by molar-refractivity contribution is 0.452. The van der Waals surface area contributed by atoms with Crippen molar-refractivity contribution in [1.29, 1.82) is 0 Å². The Bertz CT molecular complexity index is 536. The first-order valence-corrected chi connectivity index (χ1v) is 6.40. The van der Waals surface area contributed by atoms with E-state index in [4.69, 9.17) is 5.10 Å². The molecule has 0 spiro atoms. The van der Waals surface area contributed by atoms with E-state index in [9.17, 15) is 0 Å². The lowest BCUT2D eigenvalue weighted by Gasteiger charge is -2.21. The molecule has 3 nitrogen and oxygen atoms in total. The van der Waals surface area contributed by atoms with Gasteiger partial charge in [-0.1, -0.05) is 18.2 Å². The molecule has 1 aromatic heterocycles. The van der Waals surface area contributed by atoms with Crippen molar-refractivity contribution in [2.45, 2.75) is 25.7 Å². The van der Waals surface area contributed by atoms with E-state index < -0.39 is 0 Å². The fraction of sp³-hybridized carbons (Fsp3) is 0.500. The second-order valence-corrected chi connectivity index (χ2v) is 5.00. The summed E-state index contributed by atoms with van der Waals surface area (Å²) in [5, 5.41) is 9.53. The van der Waals surface area contributed by atoms with Gasteiger partial charge >= 0.3 is 0 Å². The van der Waals surface area contributed by atoms with Crippen LogP contribution in [0.1, 0.15) is 30.0 Å². The molecule has 0 aliphatic carbocycles. The zero-order valence-electron chi connectivity index (χ0n) is 10.5. The number of hydrogen-bond acceptors (Lipinski definition) is 2. The maximum Gasteiger partial charge on any atom is 0.0735 e. The number of nitrogens with one attached hydrogen (secondary N) is 1. The summed E-state index contributed by atoms with van der Waals surface area (Å²) in [7, 11) is 2.06. The van der Waals surface area contributed by atoms with E-state index in [0.29, 0.717) is 5.92 Å². The van der Waals surface area contributed by atoms with Crippen LogP contribution in [-0.2, 0) is 7.05 Å². The first kappa shape index (κ1) is 10.8. The highest BCUT2D eigenvalue weighted by Gasteiger charge is 2.21. The second-order valence-electron chi connectivity index (χ2n) is 5.00. The van der Waals surface area contributed by atoms with Crippen LogP contribution in [0, 0.1) is 6.92 Å². The second kappa shape index (κ2) is 4.15. The summed E-state index contributed by atoms with van der Waals surface area (Å²) in [6.45, 7) is 4.40. The van der Waals surface area contributed by atoms with Crippen molar-refractivity contribution in [1.82, 2.24) is 15.1 Å². The van der Waals surface area contributed by atoms with Crippen LogP contribution in [0.15, 0.2) is 18.2 Å². The van der Waals surface area contributed by atoms with Gasteiger partial charge in [0, 0.05) is 18.4 Å². The van der Waals surface area contributed by atoms with Crippen LogP contribution < -0.4 is 5.32 Å². The van der Waals surface area contributed by atoms with Crippen molar-refractivity contribution in [3.05, 3.63) is 29.5 Å². The number of hydrogen-bond donors (Lipinski definition) is 1. The first-order valence-electron chi connectivity index (χ1n) is 6.40. The molecule has 1 aliphatic heterocycles. The monoisotopic (exact) mass is 229 g/mol. The Balaban J connectivity index is 2.13. The van der Waals surface area contributed by atoms with Crippen molar-refractivity contribution in [3.63, 3.8) is 0 Å². The number of piperidine rings is 1. The van der Waals surface area contributed by atoms with Crippen molar-refractivity contribution in [2.75, 3.05) is 13.1 Å². The van der Waals surface area contributed by atoms with Gasteiger partial charge in [0.2, 0.25) is 0 Å². The van der Waals surface area contributed by atoms with Gasteiger partial charge in [0.15, 0.2) is 0 Å². The van der Waals surface area contributed by atoms with Crippen molar-refractivity contribution in [3.8, 4) is 0 Å². The third-order valence-electron chi connectivity index (χ3n) is 3.82. The van der Waals surface area contributed by atoms with Gasteiger partial charge in [-0.15, -0.1) is 0 Å². The third-order valence-corrected chi connectivity index (χ3v) is 3.82. The largest absolute Gasteiger partial charge is 0.317 e. The zero-order valence-corrected chi connectivity index (χ0v) is 10.5. The molecule has 0 amide bonds. The lowest BCUT2D eigenvalue weighted by atomic mass is 9.92. The fourth-order valence-corrected chi connectivity index (χ4v) is 2.96. The third kappa shape index (κ3) is 1.75.